The summed E-state index contributed by atoms with van der Waals surface area (Å²) in [5, 5.41) is 2.80. The summed E-state index contributed by atoms with van der Waals surface area (Å²) in [6.07, 6.45) is 1.76. The molecular weight excluding hydrogens is 324 g/mol. The molecule has 0 aromatic heterocycles. The molecule has 1 amide bonds. The van der Waals surface area contributed by atoms with Gasteiger partial charge in [0.1, 0.15) is 0 Å². The molecule has 0 spiro atoms. The summed E-state index contributed by atoms with van der Waals surface area (Å²) in [7, 11) is -3.53. The molecule has 0 saturated carbocycles. The Labute approximate surface area is 142 Å². The van der Waals surface area contributed by atoms with Crippen molar-refractivity contribution in [2.75, 3.05) is 18.4 Å². The summed E-state index contributed by atoms with van der Waals surface area (Å²) in [6, 6.07) is 13.8. The van der Waals surface area contributed by atoms with Crippen LogP contribution in [0.25, 0.3) is 0 Å². The molecule has 0 radical (unpaired) electrons. The van der Waals surface area contributed by atoms with Crippen LogP contribution in [0.4, 0.5) is 5.69 Å². The monoisotopic (exact) mass is 344 g/mol. The molecule has 3 rings (SSSR count). The molecule has 126 valence electrons. The number of rotatable bonds is 4. The number of nitrogens with zero attached hydrogens (tertiary/aromatic N) is 1. The van der Waals surface area contributed by atoms with Crippen LogP contribution >= 0.6 is 0 Å². The highest BCUT2D eigenvalue weighted by molar-refractivity contribution is 7.89. The number of nitrogens with one attached hydrogen (secondary N) is 1. The Morgan fingerprint density at radius 3 is 2.38 bits per heavy atom. The van der Waals surface area contributed by atoms with Crippen molar-refractivity contribution in [1.82, 2.24) is 4.31 Å². The maximum Gasteiger partial charge on any atom is 0.255 e. The molecule has 2 aromatic carbocycles. The predicted molar refractivity (Wildman–Crippen MR) is 93.6 cm³/mol. The van der Waals surface area contributed by atoms with E-state index in [9.17, 15) is 13.2 Å². The van der Waals surface area contributed by atoms with Gasteiger partial charge in [0.15, 0.2) is 0 Å². The molecule has 1 saturated heterocycles. The standard InChI is InChI=1S/C18H20N2O3S/c1-14-9-10-16(24(22,23)20-11-5-6-12-20)13-17(14)18(21)19-15-7-3-2-4-8-15/h2-4,7-10,13H,5-6,11-12H2,1H3,(H,19,21). The van der Waals surface area contributed by atoms with Gasteiger partial charge in [-0.15, -0.1) is 0 Å². The highest BCUT2D eigenvalue weighted by atomic mass is 32.2. The highest BCUT2D eigenvalue weighted by Gasteiger charge is 2.28. The Kier molecular flexibility index (Phi) is 4.69. The van der Waals surface area contributed by atoms with Crippen LogP contribution in [-0.2, 0) is 10.0 Å². The molecule has 1 fully saturated rings. The van der Waals surface area contributed by atoms with Crippen LogP contribution in [0, 0.1) is 6.92 Å². The number of aryl methyl sites for hydroxylation is 1. The van der Waals surface area contributed by atoms with E-state index in [4.69, 9.17) is 0 Å². The van der Waals surface area contributed by atoms with Gasteiger partial charge in [-0.2, -0.15) is 4.31 Å². The van der Waals surface area contributed by atoms with E-state index < -0.39 is 10.0 Å². The molecule has 1 aliphatic heterocycles. The van der Waals surface area contributed by atoms with Gasteiger partial charge in [0.25, 0.3) is 5.91 Å². The van der Waals surface area contributed by atoms with Crippen LogP contribution in [0.1, 0.15) is 28.8 Å². The summed E-state index contributed by atoms with van der Waals surface area (Å²) >= 11 is 0. The topological polar surface area (TPSA) is 66.5 Å². The van der Waals surface area contributed by atoms with Gasteiger partial charge in [0.05, 0.1) is 4.90 Å². The molecule has 1 N–H and O–H groups in total. The molecule has 1 aliphatic rings. The first-order valence-corrected chi connectivity index (χ1v) is 9.40. The SMILES string of the molecule is Cc1ccc(S(=O)(=O)N2CCCC2)cc1C(=O)Nc1ccccc1. The molecule has 0 bridgehead atoms. The van der Waals surface area contributed by atoms with Crippen LogP contribution in [0.2, 0.25) is 0 Å². The van der Waals surface area contributed by atoms with Gasteiger partial charge in [-0.3, -0.25) is 4.79 Å². The molecule has 0 aliphatic carbocycles. The summed E-state index contributed by atoms with van der Waals surface area (Å²) in [5.74, 6) is -0.308. The fourth-order valence-corrected chi connectivity index (χ4v) is 4.35. The van der Waals surface area contributed by atoms with E-state index in [-0.39, 0.29) is 10.8 Å². The molecule has 1 heterocycles. The summed E-state index contributed by atoms with van der Waals surface area (Å²) in [5.41, 5.74) is 1.79. The van der Waals surface area contributed by atoms with Crippen molar-refractivity contribution < 1.29 is 13.2 Å². The first kappa shape index (κ1) is 16.7. The van der Waals surface area contributed by atoms with Gasteiger partial charge in [-0.1, -0.05) is 24.3 Å². The molecule has 0 unspecified atom stereocenters. The number of anilines is 1. The third kappa shape index (κ3) is 3.34. The Morgan fingerprint density at radius 2 is 1.71 bits per heavy atom. The van der Waals surface area contributed by atoms with Crippen LogP contribution in [-0.4, -0.2) is 31.7 Å². The minimum Gasteiger partial charge on any atom is -0.322 e. The van der Waals surface area contributed by atoms with Crippen molar-refractivity contribution in [3.05, 3.63) is 59.7 Å². The number of benzene rings is 2. The van der Waals surface area contributed by atoms with Gasteiger partial charge in [-0.05, 0) is 49.6 Å². The number of hydrogen-bond donors (Lipinski definition) is 1. The number of carbonyl (C=O) groups excluding carboxylic acids is 1. The molecule has 24 heavy (non-hydrogen) atoms. The molecule has 5 nitrogen and oxygen atoms in total. The second-order valence-electron chi connectivity index (χ2n) is 5.91. The lowest BCUT2D eigenvalue weighted by molar-refractivity contribution is 0.102. The second kappa shape index (κ2) is 6.75. The lowest BCUT2D eigenvalue weighted by atomic mass is 10.1. The normalized spacial score (nSPS) is 15.4. The average molecular weight is 344 g/mol. The smallest absolute Gasteiger partial charge is 0.255 e. The van der Waals surface area contributed by atoms with Crippen molar-refractivity contribution in [1.29, 1.82) is 0 Å². The zero-order valence-electron chi connectivity index (χ0n) is 13.5. The highest BCUT2D eigenvalue weighted by Crippen LogP contribution is 2.23. The molecule has 2 aromatic rings. The lowest BCUT2D eigenvalue weighted by Crippen LogP contribution is -2.28. The van der Waals surface area contributed by atoms with E-state index in [1.807, 2.05) is 18.2 Å². The van der Waals surface area contributed by atoms with E-state index in [1.54, 1.807) is 31.2 Å². The number of para-hydroxylation sites is 1. The van der Waals surface area contributed by atoms with E-state index in [0.717, 1.165) is 18.4 Å². The van der Waals surface area contributed by atoms with Crippen LogP contribution < -0.4 is 5.32 Å². The third-order valence-corrected chi connectivity index (χ3v) is 6.08. The number of sulfonamides is 1. The van der Waals surface area contributed by atoms with Crippen LogP contribution in [0.15, 0.2) is 53.4 Å². The minimum atomic E-state index is -3.53. The molecule has 0 atom stereocenters. The van der Waals surface area contributed by atoms with Gasteiger partial charge in [0, 0.05) is 24.3 Å². The quantitative estimate of drug-likeness (QED) is 0.927. The van der Waals surface area contributed by atoms with Crippen molar-refractivity contribution in [3.63, 3.8) is 0 Å². The van der Waals surface area contributed by atoms with Crippen molar-refractivity contribution >= 4 is 21.6 Å². The number of amides is 1. The number of carbonyl (C=O) groups is 1. The average Bonchev–Trinajstić information content (AvgIpc) is 3.11. The first-order valence-electron chi connectivity index (χ1n) is 7.96. The zero-order valence-corrected chi connectivity index (χ0v) is 14.3. The Balaban J connectivity index is 1.90. The Morgan fingerprint density at radius 1 is 1.04 bits per heavy atom. The van der Waals surface area contributed by atoms with Gasteiger partial charge in [0.2, 0.25) is 10.0 Å². The predicted octanol–water partition coefficient (Wildman–Crippen LogP) is 3.03. The van der Waals surface area contributed by atoms with Crippen LogP contribution in [0.3, 0.4) is 0 Å². The van der Waals surface area contributed by atoms with E-state index >= 15 is 0 Å². The van der Waals surface area contributed by atoms with Crippen molar-refractivity contribution in [2.24, 2.45) is 0 Å². The van der Waals surface area contributed by atoms with E-state index in [0.29, 0.717) is 24.3 Å². The van der Waals surface area contributed by atoms with E-state index in [1.165, 1.54) is 10.4 Å². The fourth-order valence-electron chi connectivity index (χ4n) is 2.80. The Hall–Kier alpha value is -2.18. The second-order valence-corrected chi connectivity index (χ2v) is 7.85. The van der Waals surface area contributed by atoms with Gasteiger partial charge in [-0.25, -0.2) is 8.42 Å². The van der Waals surface area contributed by atoms with Crippen LogP contribution in [0.5, 0.6) is 0 Å². The minimum absolute atomic E-state index is 0.174. The van der Waals surface area contributed by atoms with Gasteiger partial charge < -0.3 is 5.32 Å². The molecule has 6 heteroatoms. The lowest BCUT2D eigenvalue weighted by Gasteiger charge is -2.17. The maximum absolute atomic E-state index is 12.7. The zero-order chi connectivity index (χ0) is 17.2. The largest absolute Gasteiger partial charge is 0.322 e. The fraction of sp³-hybridized carbons (Fsp3) is 0.278. The summed E-state index contributed by atoms with van der Waals surface area (Å²) in [6.45, 7) is 2.88. The Bertz CT molecular complexity index is 842. The van der Waals surface area contributed by atoms with Crippen molar-refractivity contribution in [2.45, 2.75) is 24.7 Å². The summed E-state index contributed by atoms with van der Waals surface area (Å²) in [4.78, 5) is 12.7. The van der Waals surface area contributed by atoms with Crippen molar-refractivity contribution in [3.8, 4) is 0 Å². The number of hydrogen-bond acceptors (Lipinski definition) is 3. The van der Waals surface area contributed by atoms with E-state index in [2.05, 4.69) is 5.32 Å². The summed E-state index contributed by atoms with van der Waals surface area (Å²) < 4.78 is 26.8. The first-order chi connectivity index (χ1) is 11.5. The van der Waals surface area contributed by atoms with Gasteiger partial charge >= 0.3 is 0 Å². The molecular formula is C18H20N2O3S. The maximum atomic E-state index is 12.7. The third-order valence-electron chi connectivity index (χ3n) is 4.19.